The SMILES string of the molecule is Cc1ccc(N=Cc2ccc(OC(F)F)cc2)cc1. The topological polar surface area (TPSA) is 21.6 Å². The molecule has 0 aromatic heterocycles. The molecule has 0 unspecified atom stereocenters. The first-order valence-electron chi connectivity index (χ1n) is 5.79. The number of alkyl halides is 2. The van der Waals surface area contributed by atoms with Gasteiger partial charge >= 0.3 is 6.61 Å². The molecule has 0 bridgehead atoms. The van der Waals surface area contributed by atoms with Crippen LogP contribution in [-0.4, -0.2) is 12.8 Å². The second-order valence-electron chi connectivity index (χ2n) is 4.04. The fraction of sp³-hybridized carbons (Fsp3) is 0.133. The molecular weight excluding hydrogens is 248 g/mol. The van der Waals surface area contributed by atoms with Crippen LogP contribution in [0.5, 0.6) is 5.75 Å². The predicted molar refractivity (Wildman–Crippen MR) is 71.5 cm³/mol. The molecule has 19 heavy (non-hydrogen) atoms. The monoisotopic (exact) mass is 261 g/mol. The molecule has 0 spiro atoms. The Morgan fingerprint density at radius 2 is 1.63 bits per heavy atom. The number of benzene rings is 2. The van der Waals surface area contributed by atoms with Crippen molar-refractivity contribution in [2.75, 3.05) is 0 Å². The van der Waals surface area contributed by atoms with Crippen LogP contribution in [0.25, 0.3) is 0 Å². The summed E-state index contributed by atoms with van der Waals surface area (Å²) in [6.07, 6.45) is 1.68. The summed E-state index contributed by atoms with van der Waals surface area (Å²) in [4.78, 5) is 4.29. The van der Waals surface area contributed by atoms with Crippen molar-refractivity contribution in [2.45, 2.75) is 13.5 Å². The lowest BCUT2D eigenvalue weighted by atomic mass is 10.2. The Bertz CT molecular complexity index is 547. The van der Waals surface area contributed by atoms with Crippen LogP contribution >= 0.6 is 0 Å². The number of nitrogens with zero attached hydrogens (tertiary/aromatic N) is 1. The van der Waals surface area contributed by atoms with Gasteiger partial charge in [-0.25, -0.2) is 0 Å². The average Bonchev–Trinajstić information content (AvgIpc) is 2.39. The first kappa shape index (κ1) is 13.2. The van der Waals surface area contributed by atoms with Gasteiger partial charge in [0, 0.05) is 6.21 Å². The molecule has 2 aromatic rings. The summed E-state index contributed by atoms with van der Waals surface area (Å²) in [7, 11) is 0. The molecule has 0 aliphatic carbocycles. The van der Waals surface area contributed by atoms with E-state index >= 15 is 0 Å². The summed E-state index contributed by atoms with van der Waals surface area (Å²) in [6.45, 7) is -0.790. The molecule has 98 valence electrons. The van der Waals surface area contributed by atoms with Crippen LogP contribution in [0.15, 0.2) is 53.5 Å². The number of aryl methyl sites for hydroxylation is 1. The van der Waals surface area contributed by atoms with E-state index in [-0.39, 0.29) is 5.75 Å². The van der Waals surface area contributed by atoms with Crippen LogP contribution in [0.1, 0.15) is 11.1 Å². The summed E-state index contributed by atoms with van der Waals surface area (Å²) >= 11 is 0. The van der Waals surface area contributed by atoms with Gasteiger partial charge in [-0.05, 0) is 48.9 Å². The summed E-state index contributed by atoms with van der Waals surface area (Å²) in [6, 6.07) is 14.1. The number of hydrogen-bond acceptors (Lipinski definition) is 2. The third kappa shape index (κ3) is 4.17. The molecule has 0 amide bonds. The lowest BCUT2D eigenvalue weighted by molar-refractivity contribution is -0.0498. The highest BCUT2D eigenvalue weighted by Gasteiger charge is 2.02. The number of ether oxygens (including phenoxy) is 1. The summed E-state index contributed by atoms with van der Waals surface area (Å²) in [5.41, 5.74) is 2.84. The Hall–Kier alpha value is -2.23. The van der Waals surface area contributed by atoms with E-state index in [1.807, 2.05) is 31.2 Å². The average molecular weight is 261 g/mol. The fourth-order valence-corrected chi connectivity index (χ4v) is 1.52. The van der Waals surface area contributed by atoms with Crippen LogP contribution in [0, 0.1) is 6.92 Å². The van der Waals surface area contributed by atoms with E-state index in [0.717, 1.165) is 11.3 Å². The van der Waals surface area contributed by atoms with Crippen molar-refractivity contribution in [2.24, 2.45) is 4.99 Å². The quantitative estimate of drug-likeness (QED) is 0.750. The Labute approximate surface area is 110 Å². The Kier molecular flexibility index (Phi) is 4.23. The summed E-state index contributed by atoms with van der Waals surface area (Å²) in [5, 5.41) is 0. The van der Waals surface area contributed by atoms with Gasteiger partial charge in [-0.15, -0.1) is 0 Å². The molecule has 2 rings (SSSR count). The zero-order valence-corrected chi connectivity index (χ0v) is 10.4. The van der Waals surface area contributed by atoms with E-state index in [9.17, 15) is 8.78 Å². The van der Waals surface area contributed by atoms with Gasteiger partial charge in [0.15, 0.2) is 0 Å². The van der Waals surface area contributed by atoms with E-state index in [1.165, 1.54) is 17.7 Å². The molecule has 0 N–H and O–H groups in total. The first-order chi connectivity index (χ1) is 9.13. The van der Waals surface area contributed by atoms with Gasteiger partial charge in [0.05, 0.1) is 5.69 Å². The van der Waals surface area contributed by atoms with Crippen LogP contribution in [0.4, 0.5) is 14.5 Å². The van der Waals surface area contributed by atoms with Gasteiger partial charge in [-0.2, -0.15) is 8.78 Å². The molecule has 0 saturated heterocycles. The third-order valence-corrected chi connectivity index (χ3v) is 2.50. The van der Waals surface area contributed by atoms with E-state index < -0.39 is 6.61 Å². The minimum absolute atomic E-state index is 0.141. The van der Waals surface area contributed by atoms with Crippen LogP contribution < -0.4 is 4.74 Å². The second-order valence-corrected chi connectivity index (χ2v) is 4.04. The maximum atomic E-state index is 12.0. The van der Waals surface area contributed by atoms with Crippen molar-refractivity contribution in [3.8, 4) is 5.75 Å². The molecule has 0 fully saturated rings. The maximum absolute atomic E-state index is 12.0. The van der Waals surface area contributed by atoms with E-state index in [0.29, 0.717) is 0 Å². The van der Waals surface area contributed by atoms with Crippen LogP contribution in [0.3, 0.4) is 0 Å². The van der Waals surface area contributed by atoms with Crippen molar-refractivity contribution in [1.29, 1.82) is 0 Å². The number of hydrogen-bond donors (Lipinski definition) is 0. The number of halogens is 2. The Morgan fingerprint density at radius 3 is 2.21 bits per heavy atom. The highest BCUT2D eigenvalue weighted by molar-refractivity contribution is 5.82. The molecule has 2 aromatic carbocycles. The number of aliphatic imine (C=N–C) groups is 1. The van der Waals surface area contributed by atoms with Crippen molar-refractivity contribution < 1.29 is 13.5 Å². The van der Waals surface area contributed by atoms with Gasteiger partial charge in [0.1, 0.15) is 5.75 Å². The molecule has 0 aliphatic rings. The lowest BCUT2D eigenvalue weighted by Crippen LogP contribution is -2.01. The van der Waals surface area contributed by atoms with E-state index in [4.69, 9.17) is 0 Å². The van der Waals surface area contributed by atoms with Crippen LogP contribution in [-0.2, 0) is 0 Å². The van der Waals surface area contributed by atoms with Crippen molar-refractivity contribution in [1.82, 2.24) is 0 Å². The minimum Gasteiger partial charge on any atom is -0.435 e. The summed E-state index contributed by atoms with van der Waals surface area (Å²) in [5.74, 6) is 0.141. The standard InChI is InChI=1S/C15H13F2NO/c1-11-2-6-13(7-3-11)18-10-12-4-8-14(9-5-12)19-15(16)17/h2-10,15H,1H3. The van der Waals surface area contributed by atoms with E-state index in [2.05, 4.69) is 9.73 Å². The highest BCUT2D eigenvalue weighted by Crippen LogP contribution is 2.15. The molecule has 0 aliphatic heterocycles. The molecule has 4 heteroatoms. The molecule has 0 atom stereocenters. The normalized spacial score (nSPS) is 11.2. The molecule has 2 nitrogen and oxygen atoms in total. The zero-order valence-electron chi connectivity index (χ0n) is 10.4. The van der Waals surface area contributed by atoms with Crippen LogP contribution in [0.2, 0.25) is 0 Å². The molecule has 0 saturated carbocycles. The molecule has 0 heterocycles. The zero-order chi connectivity index (χ0) is 13.7. The van der Waals surface area contributed by atoms with Gasteiger partial charge in [-0.3, -0.25) is 4.99 Å². The van der Waals surface area contributed by atoms with Gasteiger partial charge in [-0.1, -0.05) is 17.7 Å². The Morgan fingerprint density at radius 1 is 1.00 bits per heavy atom. The molecule has 0 radical (unpaired) electrons. The number of rotatable bonds is 4. The summed E-state index contributed by atoms with van der Waals surface area (Å²) < 4.78 is 28.2. The second kappa shape index (κ2) is 6.09. The lowest BCUT2D eigenvalue weighted by Gasteiger charge is -2.03. The van der Waals surface area contributed by atoms with E-state index in [1.54, 1.807) is 18.3 Å². The highest BCUT2D eigenvalue weighted by atomic mass is 19.3. The maximum Gasteiger partial charge on any atom is 0.387 e. The predicted octanol–water partition coefficient (Wildman–Crippen LogP) is 4.35. The minimum atomic E-state index is -2.80. The smallest absolute Gasteiger partial charge is 0.387 e. The van der Waals surface area contributed by atoms with Gasteiger partial charge in [0.25, 0.3) is 0 Å². The van der Waals surface area contributed by atoms with Gasteiger partial charge < -0.3 is 4.74 Å². The first-order valence-corrected chi connectivity index (χ1v) is 5.79. The fourth-order valence-electron chi connectivity index (χ4n) is 1.52. The Balaban J connectivity index is 2.04. The van der Waals surface area contributed by atoms with Crippen molar-refractivity contribution in [3.63, 3.8) is 0 Å². The van der Waals surface area contributed by atoms with Crippen molar-refractivity contribution >= 4 is 11.9 Å². The third-order valence-electron chi connectivity index (χ3n) is 2.50. The van der Waals surface area contributed by atoms with Gasteiger partial charge in [0.2, 0.25) is 0 Å². The van der Waals surface area contributed by atoms with Crippen molar-refractivity contribution in [3.05, 3.63) is 59.7 Å². The largest absolute Gasteiger partial charge is 0.435 e. The molecular formula is C15H13F2NO.